The summed E-state index contributed by atoms with van der Waals surface area (Å²) in [6.07, 6.45) is 5.10. The Bertz CT molecular complexity index is 1940. The molecule has 0 nitrogen and oxygen atoms in total. The fourth-order valence-electron chi connectivity index (χ4n) is 9.89. The Hall–Kier alpha value is -1.96. The molecule has 0 aliphatic heterocycles. The molecule has 6 rings (SSSR count). The van der Waals surface area contributed by atoms with Crippen LogP contribution in [0.4, 0.5) is 0 Å². The Morgan fingerprint density at radius 3 is 1.10 bits per heavy atom. The predicted octanol–water partition coefficient (Wildman–Crippen LogP) is 15.4. The van der Waals surface area contributed by atoms with E-state index in [1.807, 2.05) is 0 Å². The van der Waals surface area contributed by atoms with Gasteiger partial charge in [0.1, 0.15) is 0 Å². The second-order valence-electron chi connectivity index (χ2n) is 18.0. The van der Waals surface area contributed by atoms with Gasteiger partial charge in [0.05, 0.1) is 0 Å². The summed E-state index contributed by atoms with van der Waals surface area (Å²) in [6, 6.07) is 23.8. The van der Waals surface area contributed by atoms with Gasteiger partial charge >= 0.3 is 327 Å². The fraction of sp³-hybridized carbons (Fsp3) is 0.417. The van der Waals surface area contributed by atoms with Crippen LogP contribution in [-0.4, -0.2) is 5.92 Å². The number of hydrogen-bond acceptors (Lipinski definition) is 0. The van der Waals surface area contributed by atoms with Crippen molar-refractivity contribution >= 4 is 35.1 Å². The van der Waals surface area contributed by atoms with Gasteiger partial charge in [-0.1, -0.05) is 0 Å². The maximum atomic E-state index is 8.93. The molecule has 4 aromatic rings. The molecule has 0 fully saturated rings. The first-order valence-corrected chi connectivity index (χ1v) is 36.1. The molecule has 2 aliphatic carbocycles. The van der Waals surface area contributed by atoms with Crippen molar-refractivity contribution in [2.45, 2.75) is 115 Å². The molecule has 0 amide bonds. The summed E-state index contributed by atoms with van der Waals surface area (Å²) in [5.74, 6) is -0.285. The van der Waals surface area contributed by atoms with Crippen LogP contribution in [0.15, 0.2) is 71.8 Å². The van der Waals surface area contributed by atoms with Gasteiger partial charge in [-0.05, 0) is 0 Å². The van der Waals surface area contributed by atoms with Crippen LogP contribution in [0.3, 0.4) is 0 Å². The van der Waals surface area contributed by atoms with Gasteiger partial charge in [-0.2, -0.15) is 0 Å². The van der Waals surface area contributed by atoms with Crippen LogP contribution < -0.4 is 0 Å². The third-order valence-corrected chi connectivity index (χ3v) is 64.0. The van der Waals surface area contributed by atoms with Crippen molar-refractivity contribution in [3.05, 3.63) is 127 Å². The van der Waals surface area contributed by atoms with Crippen molar-refractivity contribution < 1.29 is 15.6 Å². The minimum atomic E-state index is -5.00. The van der Waals surface area contributed by atoms with Gasteiger partial charge in [0.2, 0.25) is 0 Å². The Balaban J connectivity index is 1.70. The summed E-state index contributed by atoms with van der Waals surface area (Å²) in [7, 11) is 17.9. The second kappa shape index (κ2) is 14.3. The van der Waals surface area contributed by atoms with Crippen LogP contribution in [0.25, 0.3) is 34.4 Å². The summed E-state index contributed by atoms with van der Waals surface area (Å²) >= 11 is -5.00. The zero-order valence-corrected chi connectivity index (χ0v) is 39.4. The van der Waals surface area contributed by atoms with E-state index >= 15 is 0 Å². The van der Waals surface area contributed by atoms with Gasteiger partial charge in [-0.15, -0.1) is 0 Å². The van der Waals surface area contributed by atoms with Crippen LogP contribution in [0.1, 0.15) is 130 Å². The summed E-state index contributed by atoms with van der Waals surface area (Å²) in [4.78, 5) is 0. The molecule has 0 bridgehead atoms. The second-order valence-corrected chi connectivity index (χ2v) is 60.5. The Kier molecular flexibility index (Phi) is 10.9. The average molecular weight is 828 g/mol. The predicted molar refractivity (Wildman–Crippen MR) is 233 cm³/mol. The molecule has 0 spiro atoms. The monoisotopic (exact) mass is 825 g/mol. The van der Waals surface area contributed by atoms with Crippen LogP contribution in [0, 0.1) is 39.5 Å². The summed E-state index contributed by atoms with van der Waals surface area (Å²) in [5, 5.41) is 0. The van der Waals surface area contributed by atoms with E-state index in [1.54, 1.807) is 0 Å². The van der Waals surface area contributed by atoms with Crippen molar-refractivity contribution in [2.75, 3.05) is 0 Å². The average Bonchev–Trinajstić information content (AvgIpc) is 3.64. The van der Waals surface area contributed by atoms with Gasteiger partial charge in [-0.25, -0.2) is 0 Å². The van der Waals surface area contributed by atoms with Gasteiger partial charge in [0.15, 0.2) is 0 Å². The number of halogens is 2. The zero-order valence-electron chi connectivity index (χ0n) is 34.2. The van der Waals surface area contributed by atoms with Crippen LogP contribution in [0.2, 0.25) is 13.1 Å². The minimum absolute atomic E-state index is 0.0600. The van der Waals surface area contributed by atoms with Crippen LogP contribution >= 0.6 is 17.0 Å². The number of aryl methyl sites for hydroxylation is 4. The van der Waals surface area contributed by atoms with Gasteiger partial charge in [-0.3, -0.25) is 0 Å². The van der Waals surface area contributed by atoms with E-state index in [0.717, 1.165) is 0 Å². The Morgan fingerprint density at radius 2 is 0.827 bits per heavy atom. The summed E-state index contributed by atoms with van der Waals surface area (Å²) in [5.41, 5.74) is 21.8. The zero-order chi connectivity index (χ0) is 38.2. The first-order valence-electron chi connectivity index (χ1n) is 19.8. The summed E-state index contributed by atoms with van der Waals surface area (Å²) in [6.45, 7) is 32.6. The van der Waals surface area contributed by atoms with Gasteiger partial charge < -0.3 is 0 Å². The molecule has 52 heavy (non-hydrogen) atoms. The number of benzene rings is 4. The summed E-state index contributed by atoms with van der Waals surface area (Å²) < 4.78 is 0.120. The number of hydrogen-bond donors (Lipinski definition) is 0. The first-order chi connectivity index (χ1) is 24.3. The topological polar surface area (TPSA) is 0 Å². The SMILES string of the molecule is Cc1cc(C)cc(-c2c(C(C)C)ccc3c2C=C(C(C)C)[CH]3[Zr]([Cl])([Cl])([CH]2C(C(C)C)=Cc3c2ccc(C(C)C)c3-c2cc(C)cc(C)c2)[SiH](C)C)c1. The number of rotatable bonds is 9. The van der Waals surface area contributed by atoms with Crippen molar-refractivity contribution in [1.29, 1.82) is 0 Å². The van der Waals surface area contributed by atoms with E-state index in [-0.39, 0.29) is 7.25 Å². The molecular weight excluding hydrogens is 767 g/mol. The van der Waals surface area contributed by atoms with Crippen molar-refractivity contribution in [1.82, 2.24) is 0 Å². The van der Waals surface area contributed by atoms with Gasteiger partial charge in [0, 0.05) is 0 Å². The standard InChI is InChI=1S/2C23H27.C2H7Si.2ClH.Zr/c2*1-14(2)19-12-18-7-8-21(15(3)4)23(22(18)13-19)20-10-16(5)9-17(6)11-20;1-3-2;;;/h2*7-15H,1-6H3;3H,1-2H3;2*1H;/q;;;;;+2/p-2. The molecule has 2 atom stereocenters. The molecule has 0 aromatic heterocycles. The van der Waals surface area contributed by atoms with E-state index in [1.165, 1.54) is 89.0 Å². The molecule has 2 aliphatic rings. The molecule has 2 unspecified atom stereocenters. The van der Waals surface area contributed by atoms with E-state index < -0.39 is 21.5 Å². The van der Waals surface area contributed by atoms with Crippen molar-refractivity contribution in [3.8, 4) is 22.3 Å². The molecule has 0 saturated carbocycles. The molecule has 0 heterocycles. The molecule has 0 radical (unpaired) electrons. The normalized spacial score (nSPS) is 18.0. The van der Waals surface area contributed by atoms with Crippen molar-refractivity contribution in [3.63, 3.8) is 0 Å². The molecule has 275 valence electrons. The molecular formula is C48H61Cl2SiZr. The molecule has 0 N–H and O–H groups in total. The number of fused-ring (bicyclic) bond motifs is 2. The third-order valence-electron chi connectivity index (χ3n) is 12.3. The van der Waals surface area contributed by atoms with Gasteiger partial charge in [0.25, 0.3) is 0 Å². The Labute approximate surface area is 324 Å². The van der Waals surface area contributed by atoms with Crippen LogP contribution in [0.5, 0.6) is 0 Å². The molecule has 0 saturated heterocycles. The molecule has 4 aromatic carbocycles. The van der Waals surface area contributed by atoms with E-state index in [2.05, 4.69) is 169 Å². The van der Waals surface area contributed by atoms with E-state index in [4.69, 9.17) is 17.0 Å². The van der Waals surface area contributed by atoms with E-state index in [9.17, 15) is 0 Å². The third kappa shape index (κ3) is 6.48. The maximum absolute atomic E-state index is 8.93. The first kappa shape index (κ1) is 39.7. The Morgan fingerprint density at radius 1 is 0.500 bits per heavy atom. The fourth-order valence-corrected chi connectivity index (χ4v) is 41.4. The van der Waals surface area contributed by atoms with Crippen molar-refractivity contribution in [2.24, 2.45) is 11.8 Å². The van der Waals surface area contributed by atoms with E-state index in [0.29, 0.717) is 23.7 Å². The quantitative estimate of drug-likeness (QED) is 0.147. The molecule has 4 heteroatoms. The number of allylic oxidation sites excluding steroid dienone is 2. The van der Waals surface area contributed by atoms with Crippen LogP contribution in [-0.2, 0) is 15.6 Å².